The van der Waals surface area contributed by atoms with Crippen molar-refractivity contribution in [2.45, 2.75) is 6.42 Å². The molecule has 90 valence electrons. The molecule has 0 aliphatic heterocycles. The normalized spacial score (nSPS) is 7.22. The summed E-state index contributed by atoms with van der Waals surface area (Å²) < 4.78 is 9.04. The van der Waals surface area contributed by atoms with Crippen molar-refractivity contribution < 1.29 is 19.1 Å². The number of hydrogen-bond donors (Lipinski definition) is 0. The molecule has 0 atom stereocenters. The molecule has 0 saturated carbocycles. The maximum absolute atomic E-state index is 10.9. The van der Waals surface area contributed by atoms with Gasteiger partial charge in [-0.05, 0) is 11.8 Å². The number of hydrogen-bond acceptors (Lipinski definition) is 5. The van der Waals surface area contributed by atoms with Crippen LogP contribution in [0.3, 0.4) is 0 Å². The molecule has 6 heteroatoms. The van der Waals surface area contributed by atoms with Crippen LogP contribution in [0.4, 0.5) is 0 Å². The smallest absolute Gasteiger partial charge is 0.385 e. The summed E-state index contributed by atoms with van der Waals surface area (Å²) in [6, 6.07) is 1.79. The summed E-state index contributed by atoms with van der Waals surface area (Å²) in [5, 5.41) is 8.17. The number of ether oxygens (including phenoxy) is 2. The van der Waals surface area contributed by atoms with Crippen molar-refractivity contribution in [2.24, 2.45) is 0 Å². The molecule has 0 aromatic heterocycles. The van der Waals surface area contributed by atoms with E-state index >= 15 is 0 Å². The number of nitriles is 1. The molecule has 6 nitrogen and oxygen atoms in total. The summed E-state index contributed by atoms with van der Waals surface area (Å²) in [7, 11) is 0. The fourth-order valence-corrected chi connectivity index (χ4v) is 0.610. The first-order valence-corrected chi connectivity index (χ1v) is 4.76. The Morgan fingerprint density at radius 2 is 1.67 bits per heavy atom. The fraction of sp³-hybridized carbons (Fsp3) is 0.333. The molecule has 0 aromatic carbocycles. The van der Waals surface area contributed by atoms with Gasteiger partial charge in [0.15, 0.2) is 6.61 Å². The van der Waals surface area contributed by atoms with Gasteiger partial charge in [0, 0.05) is 11.8 Å². The lowest BCUT2D eigenvalue weighted by molar-refractivity contribution is -0.137. The van der Waals surface area contributed by atoms with Gasteiger partial charge in [-0.1, -0.05) is 0 Å². The van der Waals surface area contributed by atoms with Gasteiger partial charge >= 0.3 is 11.9 Å². The van der Waals surface area contributed by atoms with Crippen LogP contribution < -0.4 is 0 Å². The molecule has 18 heavy (non-hydrogen) atoms. The van der Waals surface area contributed by atoms with E-state index in [2.05, 4.69) is 26.2 Å². The molecule has 0 aliphatic rings. The fourth-order valence-electron chi connectivity index (χ4n) is 0.610. The molecule has 0 radical (unpaired) electrons. The molecule has 0 amide bonds. The summed E-state index contributed by atoms with van der Waals surface area (Å²) in [6.07, 6.45) is 0.0898. The Balaban J connectivity index is 3.96. The topological polar surface area (TPSA) is 80.8 Å². The number of carbonyl (C=O) groups is 2. The minimum Gasteiger partial charge on any atom is -0.455 e. The highest BCUT2D eigenvalue weighted by atomic mass is 16.5. The minimum absolute atomic E-state index is 0.0271. The SMILES string of the molecule is [C-]#[N+]CCOC(=O)C#CC#CC(=O)OCCC#N. The maximum atomic E-state index is 10.9. The number of nitrogens with zero attached hydrogens (tertiary/aromatic N) is 2. The van der Waals surface area contributed by atoms with Crippen molar-refractivity contribution in [1.82, 2.24) is 0 Å². The van der Waals surface area contributed by atoms with E-state index in [1.807, 2.05) is 11.8 Å². The predicted octanol–water partition coefficient (Wildman–Crippen LogP) is -0.0874. The number of rotatable bonds is 4. The van der Waals surface area contributed by atoms with Crippen molar-refractivity contribution >= 4 is 11.9 Å². The molecule has 0 bridgehead atoms. The van der Waals surface area contributed by atoms with E-state index in [9.17, 15) is 9.59 Å². The molecule has 0 fully saturated rings. The van der Waals surface area contributed by atoms with E-state index in [-0.39, 0.29) is 26.2 Å². The average Bonchev–Trinajstić information content (AvgIpc) is 2.35. The molecule has 0 heterocycles. The summed E-state index contributed by atoms with van der Waals surface area (Å²) in [4.78, 5) is 24.7. The van der Waals surface area contributed by atoms with Gasteiger partial charge in [-0.15, -0.1) is 0 Å². The molecular formula is C12H8N2O4. The summed E-state index contributed by atoms with van der Waals surface area (Å²) in [5.74, 6) is 6.61. The van der Waals surface area contributed by atoms with Crippen LogP contribution in [0.5, 0.6) is 0 Å². The largest absolute Gasteiger partial charge is 0.455 e. The van der Waals surface area contributed by atoms with Gasteiger partial charge in [-0.3, -0.25) is 0 Å². The molecule has 0 aromatic rings. The molecule has 0 N–H and O–H groups in total. The Hall–Kier alpha value is -2.96. The van der Waals surface area contributed by atoms with Gasteiger partial charge < -0.3 is 14.3 Å². The first-order chi connectivity index (χ1) is 8.70. The van der Waals surface area contributed by atoms with Crippen molar-refractivity contribution in [3.05, 3.63) is 11.4 Å². The third-order valence-corrected chi connectivity index (χ3v) is 1.27. The second-order valence-corrected chi connectivity index (χ2v) is 2.56. The van der Waals surface area contributed by atoms with Gasteiger partial charge in [0.1, 0.15) is 6.61 Å². The summed E-state index contributed by atoms with van der Waals surface area (Å²) in [6.45, 7) is 6.45. The molecule has 0 aliphatic carbocycles. The van der Waals surface area contributed by atoms with Crippen LogP contribution in [0.2, 0.25) is 0 Å². The average molecular weight is 244 g/mol. The zero-order valence-corrected chi connectivity index (χ0v) is 9.36. The summed E-state index contributed by atoms with van der Waals surface area (Å²) in [5.41, 5.74) is 0. The Bertz CT molecular complexity index is 455. The van der Waals surface area contributed by atoms with Crippen molar-refractivity contribution in [3.63, 3.8) is 0 Å². The second kappa shape index (κ2) is 10.6. The van der Waals surface area contributed by atoms with E-state index in [0.29, 0.717) is 0 Å². The lowest BCUT2D eigenvalue weighted by Gasteiger charge is -1.92. The zero-order valence-electron chi connectivity index (χ0n) is 9.36. The minimum atomic E-state index is -0.819. The van der Waals surface area contributed by atoms with Crippen LogP contribution in [0.25, 0.3) is 4.85 Å². The Kier molecular flexibility index (Phi) is 8.82. The number of carbonyl (C=O) groups excluding carboxylic acids is 2. The van der Waals surface area contributed by atoms with Gasteiger partial charge in [0.2, 0.25) is 6.54 Å². The van der Waals surface area contributed by atoms with Crippen molar-refractivity contribution in [3.8, 4) is 29.8 Å². The van der Waals surface area contributed by atoms with Crippen LogP contribution in [-0.4, -0.2) is 31.7 Å². The van der Waals surface area contributed by atoms with Crippen molar-refractivity contribution in [2.75, 3.05) is 19.8 Å². The molecule has 0 unspecified atom stereocenters. The predicted molar refractivity (Wildman–Crippen MR) is 59.2 cm³/mol. The quantitative estimate of drug-likeness (QED) is 0.227. The third kappa shape index (κ3) is 9.59. The molecule has 0 spiro atoms. The lowest BCUT2D eigenvalue weighted by Crippen LogP contribution is -2.04. The van der Waals surface area contributed by atoms with Crippen LogP contribution in [-0.2, 0) is 19.1 Å². The van der Waals surface area contributed by atoms with Crippen molar-refractivity contribution in [1.29, 1.82) is 5.26 Å². The second-order valence-electron chi connectivity index (χ2n) is 2.56. The van der Waals surface area contributed by atoms with E-state index in [4.69, 9.17) is 11.8 Å². The van der Waals surface area contributed by atoms with E-state index in [1.165, 1.54) is 0 Å². The summed E-state index contributed by atoms with van der Waals surface area (Å²) >= 11 is 0. The highest BCUT2D eigenvalue weighted by Gasteiger charge is 1.96. The van der Waals surface area contributed by atoms with Crippen LogP contribution in [0.1, 0.15) is 6.42 Å². The van der Waals surface area contributed by atoms with Crippen LogP contribution >= 0.6 is 0 Å². The standard InChI is InChI=1S/C12H8N2O4/c1-14-8-10-18-12(16)6-3-2-5-11(15)17-9-4-7-13/h4,8-10H2. The zero-order chi connectivity index (χ0) is 13.6. The lowest BCUT2D eigenvalue weighted by atomic mass is 10.5. The highest BCUT2D eigenvalue weighted by Crippen LogP contribution is 1.80. The van der Waals surface area contributed by atoms with Gasteiger partial charge in [0.25, 0.3) is 0 Å². The van der Waals surface area contributed by atoms with Crippen LogP contribution in [0, 0.1) is 41.6 Å². The molecule has 0 rings (SSSR count). The third-order valence-electron chi connectivity index (χ3n) is 1.27. The highest BCUT2D eigenvalue weighted by molar-refractivity contribution is 5.91. The molecule has 0 saturated heterocycles. The van der Waals surface area contributed by atoms with Crippen LogP contribution in [0.15, 0.2) is 0 Å². The first-order valence-electron chi connectivity index (χ1n) is 4.76. The van der Waals surface area contributed by atoms with E-state index < -0.39 is 11.9 Å². The maximum Gasteiger partial charge on any atom is 0.385 e. The van der Waals surface area contributed by atoms with Gasteiger partial charge in [-0.25, -0.2) is 16.2 Å². The van der Waals surface area contributed by atoms with E-state index in [0.717, 1.165) is 0 Å². The van der Waals surface area contributed by atoms with Gasteiger partial charge in [0.05, 0.1) is 12.5 Å². The molecular weight excluding hydrogens is 236 g/mol. The Labute approximate surface area is 104 Å². The Morgan fingerprint density at radius 3 is 2.17 bits per heavy atom. The number of esters is 2. The Morgan fingerprint density at radius 1 is 1.11 bits per heavy atom. The van der Waals surface area contributed by atoms with Gasteiger partial charge in [-0.2, -0.15) is 5.26 Å². The van der Waals surface area contributed by atoms with E-state index in [1.54, 1.807) is 6.07 Å². The monoisotopic (exact) mass is 244 g/mol. The first kappa shape index (κ1) is 15.0.